The Labute approximate surface area is 149 Å². The second-order valence-electron chi connectivity index (χ2n) is 5.35. The zero-order valence-corrected chi connectivity index (χ0v) is 14.3. The van der Waals surface area contributed by atoms with Crippen molar-refractivity contribution in [2.75, 3.05) is 10.6 Å². The van der Waals surface area contributed by atoms with Crippen LogP contribution < -0.4 is 10.6 Å². The number of pyridine rings is 2. The van der Waals surface area contributed by atoms with Gasteiger partial charge in [0.05, 0.1) is 11.4 Å². The van der Waals surface area contributed by atoms with Gasteiger partial charge in [0, 0.05) is 24.6 Å². The van der Waals surface area contributed by atoms with Crippen molar-refractivity contribution in [2.45, 2.75) is 13.8 Å². The summed E-state index contributed by atoms with van der Waals surface area (Å²) in [4.78, 5) is 19.5. The Balaban J connectivity index is 0.00000225. The van der Waals surface area contributed by atoms with Crippen molar-refractivity contribution >= 4 is 46.5 Å². The molecule has 3 N–H and O–H groups in total. The monoisotopic (exact) mass is 362 g/mol. The minimum Gasteiger partial charge on any atom is -0.508 e. The summed E-state index contributed by atoms with van der Waals surface area (Å²) in [5, 5.41) is 15.9. The molecule has 0 unspecified atom stereocenters. The van der Waals surface area contributed by atoms with Crippen molar-refractivity contribution in [2.24, 2.45) is 0 Å². The summed E-state index contributed by atoms with van der Waals surface area (Å²) >= 11 is 0. The molecule has 0 saturated heterocycles. The van der Waals surface area contributed by atoms with Crippen LogP contribution in [0.3, 0.4) is 0 Å². The number of halogens is 2. The summed E-state index contributed by atoms with van der Waals surface area (Å²) in [7, 11) is 0. The van der Waals surface area contributed by atoms with E-state index in [2.05, 4.69) is 20.6 Å². The minimum absolute atomic E-state index is 0. The summed E-state index contributed by atoms with van der Waals surface area (Å²) in [6, 6.07) is 7.64. The number of nitrogens with one attached hydrogen (secondary N) is 2. The number of carbonyl (C=O) groups excluding carboxylic acids is 1. The topological polar surface area (TPSA) is 87.1 Å². The Morgan fingerprint density at radius 1 is 1.20 bits per heavy atom. The maximum atomic E-state index is 14.1. The van der Waals surface area contributed by atoms with Crippen molar-refractivity contribution in [3.63, 3.8) is 0 Å². The third kappa shape index (κ3) is 3.95. The van der Waals surface area contributed by atoms with Gasteiger partial charge in [-0.1, -0.05) is 0 Å². The molecule has 2 heterocycles. The molecule has 0 aliphatic carbocycles. The molecule has 0 atom stereocenters. The lowest BCUT2D eigenvalue weighted by molar-refractivity contribution is -0.114. The Kier molecular flexibility index (Phi) is 5.38. The highest BCUT2D eigenvalue weighted by atomic mass is 35.5. The van der Waals surface area contributed by atoms with Crippen molar-refractivity contribution < 1.29 is 14.3 Å². The highest BCUT2D eigenvalue weighted by Gasteiger charge is 2.10. The number of aromatic hydroxyl groups is 1. The van der Waals surface area contributed by atoms with Crippen molar-refractivity contribution in [1.82, 2.24) is 9.97 Å². The van der Waals surface area contributed by atoms with E-state index in [0.717, 1.165) is 0 Å². The van der Waals surface area contributed by atoms with E-state index in [1.807, 2.05) is 0 Å². The van der Waals surface area contributed by atoms with Gasteiger partial charge in [0.25, 0.3) is 0 Å². The molecule has 0 fully saturated rings. The molecule has 0 radical (unpaired) electrons. The molecule has 0 aliphatic rings. The first-order chi connectivity index (χ1) is 11.4. The number of aromatic nitrogens is 2. The molecular formula is C17H16ClFN4O2. The molecule has 0 bridgehead atoms. The zero-order chi connectivity index (χ0) is 17.3. The lowest BCUT2D eigenvalue weighted by Gasteiger charge is -2.12. The Hall–Kier alpha value is -2.93. The van der Waals surface area contributed by atoms with Crippen LogP contribution in [0.2, 0.25) is 0 Å². The van der Waals surface area contributed by atoms with Crippen LogP contribution in [-0.2, 0) is 4.79 Å². The fourth-order valence-electron chi connectivity index (χ4n) is 2.29. The summed E-state index contributed by atoms with van der Waals surface area (Å²) < 4.78 is 14.1. The van der Waals surface area contributed by atoms with Gasteiger partial charge in [0.1, 0.15) is 17.4 Å². The highest BCUT2D eigenvalue weighted by molar-refractivity contribution is 5.94. The lowest BCUT2D eigenvalue weighted by Crippen LogP contribution is -2.07. The molecular weight excluding hydrogens is 347 g/mol. The van der Waals surface area contributed by atoms with Crippen LogP contribution in [0.1, 0.15) is 12.5 Å². The third-order valence-electron chi connectivity index (χ3n) is 3.46. The largest absolute Gasteiger partial charge is 0.508 e. The Morgan fingerprint density at radius 2 is 1.96 bits per heavy atom. The van der Waals surface area contributed by atoms with Gasteiger partial charge in [-0.3, -0.25) is 4.79 Å². The number of hydrogen-bond donors (Lipinski definition) is 3. The molecule has 130 valence electrons. The summed E-state index contributed by atoms with van der Waals surface area (Å²) in [5.41, 5.74) is 1.60. The summed E-state index contributed by atoms with van der Waals surface area (Å²) in [5.74, 6) is -0.312. The number of hydrogen-bond acceptors (Lipinski definition) is 5. The SMILES string of the molecule is CC(=O)Nc1ccc2c(Nc3cc(O)c(C)cc3F)ccnc2n1.Cl. The number of phenols is 1. The smallest absolute Gasteiger partial charge is 0.222 e. The van der Waals surface area contributed by atoms with Gasteiger partial charge in [-0.15, -0.1) is 12.4 Å². The molecule has 0 spiro atoms. The number of phenolic OH excluding ortho intramolecular Hbond substituents is 1. The normalized spacial score (nSPS) is 10.2. The predicted octanol–water partition coefficient (Wildman–Crippen LogP) is 3.91. The van der Waals surface area contributed by atoms with E-state index in [0.29, 0.717) is 28.1 Å². The predicted molar refractivity (Wildman–Crippen MR) is 97.2 cm³/mol. The van der Waals surface area contributed by atoms with E-state index in [1.165, 1.54) is 25.3 Å². The van der Waals surface area contributed by atoms with Gasteiger partial charge in [0.2, 0.25) is 5.91 Å². The van der Waals surface area contributed by atoms with Crippen LogP contribution in [0, 0.1) is 12.7 Å². The van der Waals surface area contributed by atoms with Gasteiger partial charge >= 0.3 is 0 Å². The molecule has 1 aromatic carbocycles. The average molecular weight is 363 g/mol. The van der Waals surface area contributed by atoms with Gasteiger partial charge in [-0.25, -0.2) is 14.4 Å². The molecule has 25 heavy (non-hydrogen) atoms. The first kappa shape index (κ1) is 18.4. The number of fused-ring (bicyclic) bond motifs is 1. The van der Waals surface area contributed by atoms with Crippen LogP contribution in [0.25, 0.3) is 11.0 Å². The molecule has 3 aromatic rings. The molecule has 2 aromatic heterocycles. The second-order valence-corrected chi connectivity index (χ2v) is 5.35. The quantitative estimate of drug-likeness (QED) is 0.657. The molecule has 0 saturated carbocycles. The summed E-state index contributed by atoms with van der Waals surface area (Å²) in [6.07, 6.45) is 1.53. The van der Waals surface area contributed by atoms with Gasteiger partial charge in [0.15, 0.2) is 5.65 Å². The number of nitrogens with zero attached hydrogens (tertiary/aromatic N) is 2. The Morgan fingerprint density at radius 3 is 2.68 bits per heavy atom. The molecule has 6 nitrogen and oxygen atoms in total. The van der Waals surface area contributed by atoms with Gasteiger partial charge in [-0.05, 0) is 36.8 Å². The molecule has 8 heteroatoms. The first-order valence-electron chi connectivity index (χ1n) is 7.23. The van der Waals surface area contributed by atoms with E-state index < -0.39 is 5.82 Å². The van der Waals surface area contributed by atoms with Gasteiger partial charge < -0.3 is 15.7 Å². The van der Waals surface area contributed by atoms with Gasteiger partial charge in [-0.2, -0.15) is 0 Å². The summed E-state index contributed by atoms with van der Waals surface area (Å²) in [6.45, 7) is 3.02. The van der Waals surface area contributed by atoms with E-state index in [1.54, 1.807) is 25.1 Å². The lowest BCUT2D eigenvalue weighted by atomic mass is 10.1. The number of amides is 1. The standard InChI is InChI=1S/C17H15FN4O2.ClH/c1-9-7-12(18)14(8-15(9)24)21-13-5-6-19-17-11(13)3-4-16(22-17)20-10(2)23;/h3-8,24H,1-2H3,(H2,19,20,21,22,23);1H. The molecule has 1 amide bonds. The number of carbonyl (C=O) groups is 1. The maximum Gasteiger partial charge on any atom is 0.222 e. The van der Waals surface area contributed by atoms with Crippen molar-refractivity contribution in [3.05, 3.63) is 47.9 Å². The van der Waals surface area contributed by atoms with Crippen LogP contribution in [0.4, 0.5) is 21.6 Å². The van der Waals surface area contributed by atoms with Crippen LogP contribution in [0.15, 0.2) is 36.5 Å². The number of rotatable bonds is 3. The highest BCUT2D eigenvalue weighted by Crippen LogP contribution is 2.30. The van der Waals surface area contributed by atoms with Crippen molar-refractivity contribution in [1.29, 1.82) is 0 Å². The van der Waals surface area contributed by atoms with Crippen LogP contribution in [0.5, 0.6) is 5.75 Å². The number of benzene rings is 1. The maximum absolute atomic E-state index is 14.1. The van der Waals surface area contributed by atoms with E-state index in [-0.39, 0.29) is 29.8 Å². The van der Waals surface area contributed by atoms with Crippen LogP contribution in [-0.4, -0.2) is 21.0 Å². The second kappa shape index (κ2) is 7.31. The van der Waals surface area contributed by atoms with Crippen LogP contribution >= 0.6 is 12.4 Å². The van der Waals surface area contributed by atoms with E-state index in [4.69, 9.17) is 0 Å². The average Bonchev–Trinajstić information content (AvgIpc) is 2.52. The Bertz CT molecular complexity index is 949. The molecule has 0 aliphatic heterocycles. The van der Waals surface area contributed by atoms with E-state index in [9.17, 15) is 14.3 Å². The third-order valence-corrected chi connectivity index (χ3v) is 3.46. The number of aryl methyl sites for hydroxylation is 1. The first-order valence-corrected chi connectivity index (χ1v) is 7.23. The number of anilines is 3. The fraction of sp³-hybridized carbons (Fsp3) is 0.118. The minimum atomic E-state index is -0.474. The van der Waals surface area contributed by atoms with Crippen molar-refractivity contribution in [3.8, 4) is 5.75 Å². The molecule has 3 rings (SSSR count). The fourth-order valence-corrected chi connectivity index (χ4v) is 2.29. The zero-order valence-electron chi connectivity index (χ0n) is 13.5. The van der Waals surface area contributed by atoms with E-state index >= 15 is 0 Å².